The molecular weight excluding hydrogens is 248 g/mol. The fourth-order valence-corrected chi connectivity index (χ4v) is 1.83. The van der Waals surface area contributed by atoms with E-state index >= 15 is 0 Å². The van der Waals surface area contributed by atoms with Crippen LogP contribution in [-0.2, 0) is 4.79 Å². The lowest BCUT2D eigenvalue weighted by molar-refractivity contribution is -0.119. The smallest absolute Gasteiger partial charge is 0.239 e. The minimum atomic E-state index is -0.0545. The van der Waals surface area contributed by atoms with E-state index in [2.05, 4.69) is 10.3 Å². The average molecular weight is 266 g/mol. The van der Waals surface area contributed by atoms with Crippen molar-refractivity contribution in [2.75, 3.05) is 25.0 Å². The summed E-state index contributed by atoms with van der Waals surface area (Å²) in [6.07, 6.45) is 4.25. The number of hydrogen-bond donors (Lipinski definition) is 2. The lowest BCUT2D eigenvalue weighted by Gasteiger charge is -2.25. The standard InChI is InChI=1S/C12H18N4OS/c1-3-6-16(8-11(17)14-2)10-7-15-5-4-9(10)12(13)18/h4-5,7H,3,6,8H2,1-2H3,(H2,13,18)(H,14,17). The lowest BCUT2D eigenvalue weighted by Crippen LogP contribution is -2.37. The van der Waals surface area contributed by atoms with Crippen molar-refractivity contribution in [3.8, 4) is 0 Å². The molecule has 6 heteroatoms. The number of nitrogens with one attached hydrogen (secondary N) is 1. The molecule has 0 aromatic carbocycles. The van der Waals surface area contributed by atoms with E-state index in [1.54, 1.807) is 25.5 Å². The van der Waals surface area contributed by atoms with E-state index < -0.39 is 0 Å². The van der Waals surface area contributed by atoms with Gasteiger partial charge in [-0.3, -0.25) is 9.78 Å². The largest absolute Gasteiger partial charge is 0.389 e. The number of likely N-dealkylation sites (N-methyl/N-ethyl adjacent to an activating group) is 1. The molecule has 0 aliphatic heterocycles. The third-order valence-corrected chi connectivity index (χ3v) is 2.73. The highest BCUT2D eigenvalue weighted by Crippen LogP contribution is 2.19. The van der Waals surface area contributed by atoms with Crippen LogP contribution >= 0.6 is 12.2 Å². The topological polar surface area (TPSA) is 71.2 Å². The number of amides is 1. The van der Waals surface area contributed by atoms with Crippen molar-refractivity contribution < 1.29 is 4.79 Å². The normalized spacial score (nSPS) is 9.89. The molecule has 0 saturated heterocycles. The summed E-state index contributed by atoms with van der Waals surface area (Å²) in [7, 11) is 1.62. The Labute approximate surface area is 112 Å². The summed E-state index contributed by atoms with van der Waals surface area (Å²) in [6.45, 7) is 3.06. The van der Waals surface area contributed by atoms with Crippen molar-refractivity contribution in [1.29, 1.82) is 0 Å². The zero-order chi connectivity index (χ0) is 13.5. The monoisotopic (exact) mass is 266 g/mol. The van der Waals surface area contributed by atoms with Gasteiger partial charge in [-0.1, -0.05) is 19.1 Å². The minimum Gasteiger partial charge on any atom is -0.389 e. The first-order valence-corrected chi connectivity index (χ1v) is 6.20. The molecule has 1 amide bonds. The Morgan fingerprint density at radius 3 is 2.89 bits per heavy atom. The summed E-state index contributed by atoms with van der Waals surface area (Å²) in [5.41, 5.74) is 7.24. The Bertz CT molecular complexity index is 436. The Kier molecular flexibility index (Phi) is 5.51. The number of pyridine rings is 1. The van der Waals surface area contributed by atoms with Crippen molar-refractivity contribution >= 4 is 28.8 Å². The molecule has 5 nitrogen and oxygen atoms in total. The molecule has 1 rings (SSSR count). The van der Waals surface area contributed by atoms with Crippen LogP contribution in [0.3, 0.4) is 0 Å². The van der Waals surface area contributed by atoms with Gasteiger partial charge in [0.2, 0.25) is 5.91 Å². The summed E-state index contributed by atoms with van der Waals surface area (Å²) < 4.78 is 0. The Balaban J connectivity index is 3.04. The first kappa shape index (κ1) is 14.4. The zero-order valence-corrected chi connectivity index (χ0v) is 11.5. The first-order chi connectivity index (χ1) is 8.60. The number of rotatable bonds is 6. The molecular formula is C12H18N4OS. The quantitative estimate of drug-likeness (QED) is 0.741. The minimum absolute atomic E-state index is 0.0545. The van der Waals surface area contributed by atoms with Gasteiger partial charge in [0.1, 0.15) is 4.99 Å². The van der Waals surface area contributed by atoms with Gasteiger partial charge < -0.3 is 16.0 Å². The van der Waals surface area contributed by atoms with Gasteiger partial charge in [-0.15, -0.1) is 0 Å². The maximum absolute atomic E-state index is 11.5. The van der Waals surface area contributed by atoms with Crippen LogP contribution in [0.4, 0.5) is 5.69 Å². The fourth-order valence-electron chi connectivity index (χ4n) is 1.65. The number of aromatic nitrogens is 1. The molecule has 1 aromatic heterocycles. The molecule has 0 unspecified atom stereocenters. The second kappa shape index (κ2) is 6.90. The molecule has 1 heterocycles. The van der Waals surface area contributed by atoms with Gasteiger partial charge in [0.25, 0.3) is 0 Å². The van der Waals surface area contributed by atoms with E-state index in [4.69, 9.17) is 18.0 Å². The predicted octanol–water partition coefficient (Wildman–Crippen LogP) is 0.678. The first-order valence-electron chi connectivity index (χ1n) is 5.79. The molecule has 0 atom stereocenters. The molecule has 3 N–H and O–H groups in total. The molecule has 0 aliphatic rings. The molecule has 0 aliphatic carbocycles. The summed E-state index contributed by atoms with van der Waals surface area (Å²) >= 11 is 5.02. The zero-order valence-electron chi connectivity index (χ0n) is 10.6. The average Bonchev–Trinajstić information content (AvgIpc) is 2.38. The van der Waals surface area contributed by atoms with Crippen LogP contribution < -0.4 is 16.0 Å². The Morgan fingerprint density at radius 1 is 1.61 bits per heavy atom. The molecule has 1 aromatic rings. The number of anilines is 1. The molecule has 0 saturated carbocycles. The number of nitrogens with two attached hydrogens (primary N) is 1. The van der Waals surface area contributed by atoms with Crippen LogP contribution in [0.2, 0.25) is 0 Å². The van der Waals surface area contributed by atoms with Gasteiger partial charge >= 0.3 is 0 Å². The van der Waals surface area contributed by atoms with Gasteiger partial charge in [-0.05, 0) is 12.5 Å². The van der Waals surface area contributed by atoms with Gasteiger partial charge in [-0.2, -0.15) is 0 Å². The summed E-state index contributed by atoms with van der Waals surface area (Å²) in [6, 6.07) is 1.77. The van der Waals surface area contributed by atoms with E-state index in [0.717, 1.165) is 24.2 Å². The molecule has 98 valence electrons. The van der Waals surface area contributed by atoms with Gasteiger partial charge in [0.15, 0.2) is 0 Å². The molecule has 0 spiro atoms. The Morgan fingerprint density at radius 2 is 2.33 bits per heavy atom. The number of nitrogens with zero attached hydrogens (tertiary/aromatic N) is 2. The number of thiocarbonyl (C=S) groups is 1. The fraction of sp³-hybridized carbons (Fsp3) is 0.417. The molecule has 18 heavy (non-hydrogen) atoms. The molecule has 0 fully saturated rings. The summed E-state index contributed by atoms with van der Waals surface area (Å²) in [5, 5.41) is 2.61. The van der Waals surface area contributed by atoms with Gasteiger partial charge in [0, 0.05) is 25.4 Å². The lowest BCUT2D eigenvalue weighted by atomic mass is 10.2. The van der Waals surface area contributed by atoms with E-state index in [-0.39, 0.29) is 12.5 Å². The van der Waals surface area contributed by atoms with E-state index in [1.165, 1.54) is 0 Å². The third-order valence-electron chi connectivity index (χ3n) is 2.51. The van der Waals surface area contributed by atoms with E-state index in [1.807, 2.05) is 11.8 Å². The summed E-state index contributed by atoms with van der Waals surface area (Å²) in [4.78, 5) is 17.8. The summed E-state index contributed by atoms with van der Waals surface area (Å²) in [5.74, 6) is -0.0545. The maximum atomic E-state index is 11.5. The molecule has 0 radical (unpaired) electrons. The highest BCUT2D eigenvalue weighted by molar-refractivity contribution is 7.80. The van der Waals surface area contributed by atoms with Crippen molar-refractivity contribution in [3.63, 3.8) is 0 Å². The van der Waals surface area contributed by atoms with Crippen LogP contribution in [0.25, 0.3) is 0 Å². The van der Waals surface area contributed by atoms with Crippen molar-refractivity contribution in [3.05, 3.63) is 24.0 Å². The van der Waals surface area contributed by atoms with Gasteiger partial charge in [-0.25, -0.2) is 0 Å². The maximum Gasteiger partial charge on any atom is 0.239 e. The van der Waals surface area contributed by atoms with Crippen molar-refractivity contribution in [2.24, 2.45) is 5.73 Å². The van der Waals surface area contributed by atoms with Crippen LogP contribution in [0.5, 0.6) is 0 Å². The second-order valence-corrected chi connectivity index (χ2v) is 4.29. The number of carbonyl (C=O) groups is 1. The van der Waals surface area contributed by atoms with Crippen LogP contribution in [0.15, 0.2) is 18.5 Å². The van der Waals surface area contributed by atoms with Crippen LogP contribution in [0, 0.1) is 0 Å². The number of hydrogen-bond acceptors (Lipinski definition) is 4. The Hall–Kier alpha value is -1.69. The highest BCUT2D eigenvalue weighted by Gasteiger charge is 2.14. The predicted molar refractivity (Wildman–Crippen MR) is 76.7 cm³/mol. The number of carbonyl (C=O) groups excluding carboxylic acids is 1. The third kappa shape index (κ3) is 3.66. The molecule has 0 bridgehead atoms. The van der Waals surface area contributed by atoms with Crippen molar-refractivity contribution in [1.82, 2.24) is 10.3 Å². The van der Waals surface area contributed by atoms with E-state index in [9.17, 15) is 4.79 Å². The van der Waals surface area contributed by atoms with Crippen LogP contribution in [-0.4, -0.2) is 36.0 Å². The second-order valence-electron chi connectivity index (χ2n) is 3.85. The SMILES string of the molecule is CCCN(CC(=O)NC)c1cnccc1C(N)=S. The highest BCUT2D eigenvalue weighted by atomic mass is 32.1. The van der Waals surface area contributed by atoms with Gasteiger partial charge in [0.05, 0.1) is 18.4 Å². The van der Waals surface area contributed by atoms with Crippen LogP contribution in [0.1, 0.15) is 18.9 Å². The van der Waals surface area contributed by atoms with E-state index in [0.29, 0.717) is 4.99 Å². The van der Waals surface area contributed by atoms with Crippen molar-refractivity contribution in [2.45, 2.75) is 13.3 Å².